The molecule has 71 heavy (non-hydrogen) atoms. The Morgan fingerprint density at radius 1 is 0.493 bits per heavy atom. The van der Waals surface area contributed by atoms with Gasteiger partial charge in [0.25, 0.3) is 0 Å². The minimum atomic E-state index is -1.58. The van der Waals surface area contributed by atoms with E-state index in [-0.39, 0.29) is 12.5 Å². The van der Waals surface area contributed by atoms with E-state index in [0.29, 0.717) is 6.42 Å². The third-order valence-corrected chi connectivity index (χ3v) is 12.8. The van der Waals surface area contributed by atoms with Gasteiger partial charge >= 0.3 is 0 Å². The topological polar surface area (TPSA) is 149 Å². The highest BCUT2D eigenvalue weighted by Crippen LogP contribution is 2.23. The Morgan fingerprint density at radius 3 is 1.35 bits per heavy atom. The maximum Gasteiger partial charge on any atom is 0.220 e. The van der Waals surface area contributed by atoms with Crippen LogP contribution in [-0.4, -0.2) is 87.5 Å². The number of ether oxygens (including phenoxy) is 2. The van der Waals surface area contributed by atoms with Crippen molar-refractivity contribution in [1.29, 1.82) is 0 Å². The zero-order valence-corrected chi connectivity index (χ0v) is 44.9. The molecule has 0 bridgehead atoms. The molecule has 0 spiro atoms. The first-order valence-electron chi connectivity index (χ1n) is 28.6. The highest BCUT2D eigenvalue weighted by Gasteiger charge is 2.44. The van der Waals surface area contributed by atoms with E-state index in [4.69, 9.17) is 9.47 Å². The van der Waals surface area contributed by atoms with Gasteiger partial charge in [-0.1, -0.05) is 226 Å². The molecule has 9 heteroatoms. The van der Waals surface area contributed by atoms with Crippen LogP contribution in [0, 0.1) is 0 Å². The number of hydrogen-bond donors (Lipinski definition) is 6. The molecule has 1 amide bonds. The van der Waals surface area contributed by atoms with Crippen molar-refractivity contribution in [2.45, 2.75) is 262 Å². The molecule has 0 aromatic rings. The molecule has 1 aliphatic heterocycles. The van der Waals surface area contributed by atoms with Crippen molar-refractivity contribution < 1.29 is 39.8 Å². The normalized spacial score (nSPS) is 20.1. The molecule has 9 nitrogen and oxygen atoms in total. The predicted molar refractivity (Wildman–Crippen MR) is 299 cm³/mol. The van der Waals surface area contributed by atoms with Gasteiger partial charge in [-0.3, -0.25) is 4.79 Å². The van der Waals surface area contributed by atoms with Gasteiger partial charge in [-0.25, -0.2) is 0 Å². The minimum Gasteiger partial charge on any atom is -0.394 e. The molecule has 0 aromatic heterocycles. The summed E-state index contributed by atoms with van der Waals surface area (Å²) in [5.41, 5.74) is 0. The van der Waals surface area contributed by atoms with E-state index >= 15 is 0 Å². The molecule has 1 rings (SSSR count). The van der Waals surface area contributed by atoms with E-state index in [1.807, 2.05) is 6.08 Å². The van der Waals surface area contributed by atoms with E-state index in [9.17, 15) is 30.3 Å². The quantitative estimate of drug-likeness (QED) is 0.0261. The average molecular weight is 993 g/mol. The van der Waals surface area contributed by atoms with Crippen LogP contribution in [0.4, 0.5) is 0 Å². The number of allylic oxidation sites excluding steroid dienone is 17. The molecule has 7 atom stereocenters. The Kier molecular flexibility index (Phi) is 46.7. The number of aliphatic hydroxyl groups excluding tert-OH is 5. The largest absolute Gasteiger partial charge is 0.394 e. The van der Waals surface area contributed by atoms with Crippen molar-refractivity contribution in [3.8, 4) is 0 Å². The Labute approximate surface area is 434 Å². The maximum absolute atomic E-state index is 13.1. The molecule has 1 heterocycles. The lowest BCUT2D eigenvalue weighted by Gasteiger charge is -2.40. The highest BCUT2D eigenvalue weighted by molar-refractivity contribution is 5.76. The summed E-state index contributed by atoms with van der Waals surface area (Å²) in [6.45, 7) is 3.63. The summed E-state index contributed by atoms with van der Waals surface area (Å²) in [7, 11) is 0. The molecule has 1 fully saturated rings. The molecule has 7 unspecified atom stereocenters. The molecular formula is C62H105NO8. The van der Waals surface area contributed by atoms with E-state index in [1.54, 1.807) is 6.08 Å². The van der Waals surface area contributed by atoms with Crippen LogP contribution >= 0.6 is 0 Å². The zero-order valence-electron chi connectivity index (χ0n) is 44.9. The molecule has 1 aliphatic rings. The number of unbranched alkanes of at least 4 members (excludes halogenated alkanes) is 21. The van der Waals surface area contributed by atoms with E-state index in [0.717, 1.165) is 116 Å². The molecule has 0 aromatic carbocycles. The summed E-state index contributed by atoms with van der Waals surface area (Å²) in [5.74, 6) is -0.209. The highest BCUT2D eigenvalue weighted by atomic mass is 16.7. The Balaban J connectivity index is 2.31. The molecule has 0 aliphatic carbocycles. The third kappa shape index (κ3) is 40.0. The first-order chi connectivity index (χ1) is 34.8. The van der Waals surface area contributed by atoms with Crippen LogP contribution in [-0.2, 0) is 14.3 Å². The van der Waals surface area contributed by atoms with Gasteiger partial charge in [0.05, 0.1) is 25.4 Å². The predicted octanol–water partition coefficient (Wildman–Crippen LogP) is 14.2. The molecule has 6 N–H and O–H groups in total. The van der Waals surface area contributed by atoms with Crippen molar-refractivity contribution in [2.24, 2.45) is 0 Å². The first-order valence-corrected chi connectivity index (χ1v) is 28.6. The summed E-state index contributed by atoms with van der Waals surface area (Å²) in [6.07, 6.45) is 67.2. The van der Waals surface area contributed by atoms with Gasteiger partial charge in [0, 0.05) is 6.42 Å². The van der Waals surface area contributed by atoms with Gasteiger partial charge in [-0.05, 0) is 96.3 Å². The number of carbonyl (C=O) groups is 1. The van der Waals surface area contributed by atoms with E-state index in [2.05, 4.69) is 116 Å². The summed E-state index contributed by atoms with van der Waals surface area (Å²) < 4.78 is 11.2. The second-order valence-electron chi connectivity index (χ2n) is 19.3. The molecule has 0 saturated carbocycles. The number of hydrogen-bond acceptors (Lipinski definition) is 8. The van der Waals surface area contributed by atoms with Crippen molar-refractivity contribution in [2.75, 3.05) is 13.2 Å². The lowest BCUT2D eigenvalue weighted by Crippen LogP contribution is -2.60. The van der Waals surface area contributed by atoms with Crippen molar-refractivity contribution in [3.63, 3.8) is 0 Å². The van der Waals surface area contributed by atoms with Crippen molar-refractivity contribution in [1.82, 2.24) is 5.32 Å². The molecule has 406 valence electrons. The molecule has 1 saturated heterocycles. The second kappa shape index (κ2) is 50.4. The van der Waals surface area contributed by atoms with Crippen LogP contribution in [0.15, 0.2) is 109 Å². The first kappa shape index (κ1) is 65.9. The standard InChI is InChI=1S/C62H105NO8/c1-3-5-7-9-11-13-15-17-19-21-23-25-27-28-30-32-34-36-38-40-42-44-46-48-50-52-58(66)63-55(54-70-62-61(69)60(68)59(67)57(53-64)71-62)56(65)51-49-47-45-43-41-39-37-35-33-31-29-26-24-22-20-18-16-14-12-10-8-6-4-2/h5,7,11,13,17,19,23,25,28,30,33-36,41,43,49,51,55-57,59-62,64-65,67-69H,3-4,6,8-10,12,14-16,18,20-22,24,26-27,29,31-32,37-40,42,44-48,50,52-54H2,1-2H3,(H,63,66)/b7-5-,13-11-,19-17-,25-23-,30-28-,35-33+,36-34-,43-41+,51-49+. The smallest absolute Gasteiger partial charge is 0.220 e. The Morgan fingerprint density at radius 2 is 0.887 bits per heavy atom. The van der Waals surface area contributed by atoms with Crippen LogP contribution in [0.1, 0.15) is 219 Å². The number of nitrogens with one attached hydrogen (secondary N) is 1. The second-order valence-corrected chi connectivity index (χ2v) is 19.3. The number of carbonyl (C=O) groups excluding carboxylic acids is 1. The maximum atomic E-state index is 13.1. The van der Waals surface area contributed by atoms with E-state index in [1.165, 1.54) is 83.5 Å². The summed E-state index contributed by atoms with van der Waals surface area (Å²) >= 11 is 0. The van der Waals surface area contributed by atoms with Gasteiger partial charge in [0.15, 0.2) is 6.29 Å². The fraction of sp³-hybridized carbons (Fsp3) is 0.694. The summed E-state index contributed by atoms with van der Waals surface area (Å²) in [5, 5.41) is 54.5. The van der Waals surface area contributed by atoms with Gasteiger partial charge < -0.3 is 40.3 Å². The van der Waals surface area contributed by atoms with Gasteiger partial charge in [-0.2, -0.15) is 0 Å². The van der Waals surface area contributed by atoms with Crippen LogP contribution in [0.3, 0.4) is 0 Å². The fourth-order valence-electron chi connectivity index (χ4n) is 8.31. The fourth-order valence-corrected chi connectivity index (χ4v) is 8.31. The van der Waals surface area contributed by atoms with Gasteiger partial charge in [0.1, 0.15) is 24.4 Å². The van der Waals surface area contributed by atoms with Crippen molar-refractivity contribution in [3.05, 3.63) is 109 Å². The summed E-state index contributed by atoms with van der Waals surface area (Å²) in [4.78, 5) is 13.1. The van der Waals surface area contributed by atoms with Crippen LogP contribution in [0.2, 0.25) is 0 Å². The van der Waals surface area contributed by atoms with Crippen LogP contribution < -0.4 is 5.32 Å². The molecule has 0 radical (unpaired) electrons. The number of amides is 1. The lowest BCUT2D eigenvalue weighted by molar-refractivity contribution is -0.302. The van der Waals surface area contributed by atoms with Crippen LogP contribution in [0.25, 0.3) is 0 Å². The Hall–Kier alpha value is -3.15. The molecular weight excluding hydrogens is 887 g/mol. The van der Waals surface area contributed by atoms with Crippen LogP contribution in [0.5, 0.6) is 0 Å². The zero-order chi connectivity index (χ0) is 51.5. The van der Waals surface area contributed by atoms with E-state index < -0.39 is 49.5 Å². The Bertz CT molecular complexity index is 1480. The van der Waals surface area contributed by atoms with Gasteiger partial charge in [-0.15, -0.1) is 0 Å². The van der Waals surface area contributed by atoms with Gasteiger partial charge in [0.2, 0.25) is 5.91 Å². The SMILES string of the molecule is CC/C=C\C/C=C\C/C=C\C/C=C\C/C=C\C/C=C\CCCCCCCCC(=O)NC(COC1OC(CO)C(O)C(O)C1O)C(O)/C=C/CC/C=C/CC/C=C/CCCCCCCCCCCCCCC. The lowest BCUT2D eigenvalue weighted by atomic mass is 9.99. The third-order valence-electron chi connectivity index (χ3n) is 12.8. The number of rotatable bonds is 47. The van der Waals surface area contributed by atoms with Crippen molar-refractivity contribution >= 4 is 5.91 Å². The average Bonchev–Trinajstić information content (AvgIpc) is 3.37. The summed E-state index contributed by atoms with van der Waals surface area (Å²) in [6, 6.07) is -0.845. The minimum absolute atomic E-state index is 0.209. The monoisotopic (exact) mass is 992 g/mol. The number of aliphatic hydroxyl groups is 5.